The van der Waals surface area contributed by atoms with Crippen LogP contribution in [0.4, 0.5) is 0 Å². The lowest BCUT2D eigenvalue weighted by Gasteiger charge is -2.36. The zero-order valence-corrected chi connectivity index (χ0v) is 12.5. The van der Waals surface area contributed by atoms with E-state index in [4.69, 9.17) is 0 Å². The minimum Gasteiger partial charge on any atom is -0.313 e. The molecule has 2 unspecified atom stereocenters. The second-order valence-electron chi connectivity index (χ2n) is 6.09. The topological polar surface area (TPSA) is 15.3 Å². The van der Waals surface area contributed by atoms with Gasteiger partial charge in [-0.15, -0.1) is 0 Å². The fourth-order valence-electron chi connectivity index (χ4n) is 3.15. The molecule has 0 bridgehead atoms. The summed E-state index contributed by atoms with van der Waals surface area (Å²) in [6, 6.07) is 2.21. The maximum Gasteiger partial charge on any atom is 0.0197 e. The normalized spacial score (nSPS) is 27.7. The molecule has 0 amide bonds. The van der Waals surface area contributed by atoms with Crippen LogP contribution in [0, 0.1) is 5.92 Å². The highest BCUT2D eigenvalue weighted by Crippen LogP contribution is 2.19. The summed E-state index contributed by atoms with van der Waals surface area (Å²) in [5, 5.41) is 3.73. The van der Waals surface area contributed by atoms with E-state index in [9.17, 15) is 0 Å². The monoisotopic (exact) mass is 240 g/mol. The van der Waals surface area contributed by atoms with E-state index < -0.39 is 0 Å². The van der Waals surface area contributed by atoms with E-state index in [1.807, 2.05) is 0 Å². The fourth-order valence-corrected chi connectivity index (χ4v) is 3.15. The smallest absolute Gasteiger partial charge is 0.0197 e. The van der Waals surface area contributed by atoms with Crippen LogP contribution in [-0.2, 0) is 0 Å². The van der Waals surface area contributed by atoms with Crippen LogP contribution in [0.1, 0.15) is 60.3 Å². The van der Waals surface area contributed by atoms with Crippen LogP contribution in [0.3, 0.4) is 0 Å². The van der Waals surface area contributed by atoms with Gasteiger partial charge in [0.1, 0.15) is 0 Å². The lowest BCUT2D eigenvalue weighted by atomic mass is 10.0. The van der Waals surface area contributed by atoms with Crippen molar-refractivity contribution < 1.29 is 0 Å². The molecule has 0 radical (unpaired) electrons. The van der Waals surface area contributed by atoms with Crippen LogP contribution in [0.2, 0.25) is 0 Å². The number of nitrogens with zero attached hydrogens (tertiary/aromatic N) is 1. The lowest BCUT2D eigenvalue weighted by Crippen LogP contribution is -2.45. The zero-order valence-electron chi connectivity index (χ0n) is 12.5. The van der Waals surface area contributed by atoms with Gasteiger partial charge in [0.2, 0.25) is 0 Å². The minimum atomic E-state index is 0.695. The molecule has 17 heavy (non-hydrogen) atoms. The Bertz CT molecular complexity index is 199. The fraction of sp³-hybridized carbons (Fsp3) is 1.00. The molecule has 1 N–H and O–H groups in total. The molecular weight excluding hydrogens is 208 g/mol. The first-order valence-electron chi connectivity index (χ1n) is 7.57. The van der Waals surface area contributed by atoms with Crippen LogP contribution in [0.5, 0.6) is 0 Å². The van der Waals surface area contributed by atoms with Gasteiger partial charge in [-0.2, -0.15) is 0 Å². The van der Waals surface area contributed by atoms with Gasteiger partial charge >= 0.3 is 0 Å². The molecule has 0 aromatic rings. The Kier molecular flexibility index (Phi) is 6.50. The van der Waals surface area contributed by atoms with Crippen molar-refractivity contribution in [3.05, 3.63) is 0 Å². The molecule has 0 spiro atoms. The van der Waals surface area contributed by atoms with E-state index in [1.165, 1.54) is 38.8 Å². The van der Waals surface area contributed by atoms with E-state index in [2.05, 4.69) is 44.8 Å². The molecule has 1 heterocycles. The van der Waals surface area contributed by atoms with Crippen molar-refractivity contribution in [1.29, 1.82) is 0 Å². The van der Waals surface area contributed by atoms with Crippen LogP contribution in [-0.4, -0.2) is 36.1 Å². The summed E-state index contributed by atoms with van der Waals surface area (Å²) in [6.45, 7) is 14.2. The van der Waals surface area contributed by atoms with Crippen LogP contribution < -0.4 is 5.32 Å². The van der Waals surface area contributed by atoms with Crippen molar-refractivity contribution in [3.8, 4) is 0 Å². The summed E-state index contributed by atoms with van der Waals surface area (Å²) in [4.78, 5) is 2.76. The van der Waals surface area contributed by atoms with Gasteiger partial charge in [-0.1, -0.05) is 27.7 Å². The van der Waals surface area contributed by atoms with E-state index in [1.54, 1.807) is 0 Å². The molecule has 2 nitrogen and oxygen atoms in total. The van der Waals surface area contributed by atoms with Gasteiger partial charge in [0, 0.05) is 24.7 Å². The minimum absolute atomic E-state index is 0.695. The number of nitrogens with one attached hydrogen (secondary N) is 1. The summed E-state index contributed by atoms with van der Waals surface area (Å²) >= 11 is 0. The second-order valence-corrected chi connectivity index (χ2v) is 6.09. The summed E-state index contributed by atoms with van der Waals surface area (Å²) in [5.74, 6) is 0.796. The van der Waals surface area contributed by atoms with E-state index >= 15 is 0 Å². The van der Waals surface area contributed by atoms with Crippen LogP contribution in [0.15, 0.2) is 0 Å². The maximum atomic E-state index is 3.73. The van der Waals surface area contributed by atoms with Gasteiger partial charge in [0.25, 0.3) is 0 Å². The molecule has 1 fully saturated rings. The van der Waals surface area contributed by atoms with E-state index in [-0.39, 0.29) is 0 Å². The van der Waals surface area contributed by atoms with Gasteiger partial charge in [0.05, 0.1) is 0 Å². The SMILES string of the molecule is CCC(CC)N1CC(CC(C)C)NCCC1C. The molecule has 0 aliphatic carbocycles. The Labute approximate surface area is 108 Å². The molecule has 102 valence electrons. The standard InChI is InChI=1S/C15H32N2/c1-6-15(7-2)17-11-14(10-12(3)4)16-9-8-13(17)5/h12-16H,6-11H2,1-5H3. The first kappa shape index (κ1) is 15.0. The van der Waals surface area contributed by atoms with Crippen molar-refractivity contribution >= 4 is 0 Å². The van der Waals surface area contributed by atoms with Crippen molar-refractivity contribution in [2.24, 2.45) is 5.92 Å². The average Bonchev–Trinajstić information content (AvgIpc) is 2.43. The first-order valence-corrected chi connectivity index (χ1v) is 7.57. The van der Waals surface area contributed by atoms with Gasteiger partial charge < -0.3 is 5.32 Å². The highest BCUT2D eigenvalue weighted by molar-refractivity contribution is 4.85. The van der Waals surface area contributed by atoms with Crippen molar-refractivity contribution in [2.75, 3.05) is 13.1 Å². The highest BCUT2D eigenvalue weighted by atomic mass is 15.2. The molecule has 1 saturated heterocycles. The van der Waals surface area contributed by atoms with Crippen LogP contribution >= 0.6 is 0 Å². The molecular formula is C15H32N2. The zero-order chi connectivity index (χ0) is 12.8. The first-order chi connectivity index (χ1) is 8.08. The summed E-state index contributed by atoms with van der Waals surface area (Å²) in [7, 11) is 0. The number of hydrogen-bond donors (Lipinski definition) is 1. The van der Waals surface area contributed by atoms with Crippen molar-refractivity contribution in [3.63, 3.8) is 0 Å². The molecule has 2 atom stereocenters. The summed E-state index contributed by atoms with van der Waals surface area (Å²) < 4.78 is 0. The van der Waals surface area contributed by atoms with Crippen molar-refractivity contribution in [2.45, 2.75) is 78.4 Å². The van der Waals surface area contributed by atoms with Gasteiger partial charge in [-0.25, -0.2) is 0 Å². The average molecular weight is 240 g/mol. The molecule has 0 saturated carbocycles. The van der Waals surface area contributed by atoms with Crippen molar-refractivity contribution in [1.82, 2.24) is 10.2 Å². The predicted molar refractivity (Wildman–Crippen MR) is 76.4 cm³/mol. The third-order valence-corrected chi connectivity index (χ3v) is 4.16. The largest absolute Gasteiger partial charge is 0.313 e. The quantitative estimate of drug-likeness (QED) is 0.793. The highest BCUT2D eigenvalue weighted by Gasteiger charge is 2.27. The molecule has 2 heteroatoms. The van der Waals surface area contributed by atoms with Gasteiger partial charge in [-0.3, -0.25) is 4.90 Å². The van der Waals surface area contributed by atoms with Gasteiger partial charge in [0.15, 0.2) is 0 Å². The Morgan fingerprint density at radius 2 is 1.88 bits per heavy atom. The Morgan fingerprint density at radius 3 is 2.41 bits per heavy atom. The van der Waals surface area contributed by atoms with E-state index in [0.29, 0.717) is 6.04 Å². The molecule has 0 aromatic carbocycles. The second kappa shape index (κ2) is 7.38. The maximum absolute atomic E-state index is 3.73. The van der Waals surface area contributed by atoms with Crippen LogP contribution in [0.25, 0.3) is 0 Å². The third kappa shape index (κ3) is 4.59. The number of rotatable bonds is 5. The van der Waals surface area contributed by atoms with E-state index in [0.717, 1.165) is 18.0 Å². The predicted octanol–water partition coefficient (Wildman–Crippen LogP) is 3.27. The lowest BCUT2D eigenvalue weighted by molar-refractivity contribution is 0.128. The molecule has 1 rings (SSSR count). The molecule has 1 aliphatic rings. The molecule has 0 aromatic heterocycles. The summed E-state index contributed by atoms with van der Waals surface area (Å²) in [6.07, 6.45) is 5.18. The Balaban J connectivity index is 2.63. The van der Waals surface area contributed by atoms with Gasteiger partial charge in [-0.05, 0) is 45.1 Å². The Hall–Kier alpha value is -0.0800. The summed E-state index contributed by atoms with van der Waals surface area (Å²) in [5.41, 5.74) is 0. The number of hydrogen-bond acceptors (Lipinski definition) is 2. The Morgan fingerprint density at radius 1 is 1.24 bits per heavy atom. The molecule has 1 aliphatic heterocycles. The third-order valence-electron chi connectivity index (χ3n) is 4.16.